The zero-order valence-corrected chi connectivity index (χ0v) is 16.1. The normalized spacial score (nSPS) is 38.4. The van der Waals surface area contributed by atoms with Gasteiger partial charge >= 0.3 is 0 Å². The van der Waals surface area contributed by atoms with Crippen LogP contribution >= 0.6 is 15.8 Å². The van der Waals surface area contributed by atoms with Crippen LogP contribution in [0.2, 0.25) is 0 Å². The van der Waals surface area contributed by atoms with Crippen molar-refractivity contribution in [2.45, 2.75) is 102 Å². The van der Waals surface area contributed by atoms with Gasteiger partial charge in [-0.3, -0.25) is 0 Å². The van der Waals surface area contributed by atoms with E-state index in [-0.39, 0.29) is 0 Å². The van der Waals surface area contributed by atoms with Crippen LogP contribution in [0.15, 0.2) is 0 Å². The predicted octanol–water partition coefficient (Wildman–Crippen LogP) is 6.65. The zero-order chi connectivity index (χ0) is 14.5. The maximum Gasteiger partial charge on any atom is -0.0235 e. The van der Waals surface area contributed by atoms with Gasteiger partial charge in [0.25, 0.3) is 0 Å². The van der Waals surface area contributed by atoms with Crippen LogP contribution in [0.4, 0.5) is 0 Å². The Kier molecular flexibility index (Phi) is 7.30. The molecule has 0 unspecified atom stereocenters. The van der Waals surface area contributed by atoms with Gasteiger partial charge in [-0.2, -0.15) is 0 Å². The Morgan fingerprint density at radius 2 is 0.800 bits per heavy atom. The molecule has 0 amide bonds. The van der Waals surface area contributed by atoms with Gasteiger partial charge in [0.05, 0.1) is 0 Å². The lowest BCUT2D eigenvalue weighted by Crippen LogP contribution is -2.16. The summed E-state index contributed by atoms with van der Waals surface area (Å²) in [6.07, 6.45) is 15.3. The highest BCUT2D eigenvalue weighted by molar-refractivity contribution is 7.63. The van der Waals surface area contributed by atoms with E-state index in [9.17, 15) is 0 Å². The van der Waals surface area contributed by atoms with Crippen molar-refractivity contribution in [1.82, 2.24) is 0 Å². The van der Waals surface area contributed by atoms with E-state index in [0.29, 0.717) is 15.8 Å². The molecule has 2 aliphatic heterocycles. The first kappa shape index (κ1) is 17.2. The second-order valence-corrected chi connectivity index (χ2v) is 13.9. The zero-order valence-electron chi connectivity index (χ0n) is 14.3. The Balaban J connectivity index is 1.91. The van der Waals surface area contributed by atoms with E-state index in [1.165, 1.54) is 51.4 Å². The standard InChI is InChI=1S/C18H36P2/c1-15-9-5-6-10-16(2)19(15)13-14-20-17(3)11-7-8-12-18(20)4/h15-18H,5-14H2,1-4H3/t15-,16-,17-,18-/m0/s1. The molecule has 0 aromatic carbocycles. The third-order valence-corrected chi connectivity index (χ3v) is 13.3. The molecule has 0 radical (unpaired) electrons. The van der Waals surface area contributed by atoms with E-state index >= 15 is 0 Å². The summed E-state index contributed by atoms with van der Waals surface area (Å²) in [6, 6.07) is 0. The number of hydrogen-bond donors (Lipinski definition) is 0. The molecule has 0 N–H and O–H groups in total. The van der Waals surface area contributed by atoms with Crippen molar-refractivity contribution in [1.29, 1.82) is 0 Å². The lowest BCUT2D eigenvalue weighted by atomic mass is 10.1. The van der Waals surface area contributed by atoms with Gasteiger partial charge in [-0.05, 0) is 60.6 Å². The second kappa shape index (κ2) is 8.48. The SMILES string of the molecule is C[C@H]1CCCC[C@H](C)P1CCP1[C@@H](C)CCCC[C@@H]1C. The Morgan fingerprint density at radius 1 is 0.550 bits per heavy atom. The van der Waals surface area contributed by atoms with Gasteiger partial charge in [-0.25, -0.2) is 0 Å². The molecule has 2 heteroatoms. The summed E-state index contributed by atoms with van der Waals surface area (Å²) in [6.45, 7) is 10.3. The average Bonchev–Trinajstić information content (AvgIpc) is 2.67. The predicted molar refractivity (Wildman–Crippen MR) is 98.4 cm³/mol. The van der Waals surface area contributed by atoms with Crippen molar-refractivity contribution in [3.05, 3.63) is 0 Å². The van der Waals surface area contributed by atoms with Crippen LogP contribution in [0.5, 0.6) is 0 Å². The minimum Gasteiger partial charge on any atom is -0.101 e. The molecular formula is C18H36P2. The molecule has 2 heterocycles. The molecule has 0 aromatic rings. The van der Waals surface area contributed by atoms with E-state index in [2.05, 4.69) is 27.7 Å². The van der Waals surface area contributed by atoms with Crippen LogP contribution in [-0.2, 0) is 0 Å². The summed E-state index contributed by atoms with van der Waals surface area (Å²) in [5.41, 5.74) is 4.20. The molecule has 2 saturated heterocycles. The summed E-state index contributed by atoms with van der Waals surface area (Å²) < 4.78 is 0. The molecule has 0 bridgehead atoms. The summed E-state index contributed by atoms with van der Waals surface area (Å²) in [5, 5.41) is 0. The first-order valence-electron chi connectivity index (χ1n) is 9.11. The average molecular weight is 314 g/mol. The Hall–Kier alpha value is 0.860. The fourth-order valence-corrected chi connectivity index (χ4v) is 11.8. The fraction of sp³-hybridized carbons (Fsp3) is 1.00. The molecule has 0 spiro atoms. The maximum atomic E-state index is 2.57. The molecule has 118 valence electrons. The smallest absolute Gasteiger partial charge is 0.0235 e. The van der Waals surface area contributed by atoms with Gasteiger partial charge < -0.3 is 0 Å². The van der Waals surface area contributed by atoms with Crippen molar-refractivity contribution in [3.8, 4) is 0 Å². The number of rotatable bonds is 3. The molecule has 2 rings (SSSR count). The van der Waals surface area contributed by atoms with E-state index < -0.39 is 0 Å². The summed E-state index contributed by atoms with van der Waals surface area (Å²) in [4.78, 5) is 0. The largest absolute Gasteiger partial charge is 0.101 e. The highest BCUT2D eigenvalue weighted by atomic mass is 31.1. The molecule has 0 aromatic heterocycles. The van der Waals surface area contributed by atoms with E-state index in [1.807, 2.05) is 0 Å². The van der Waals surface area contributed by atoms with Crippen LogP contribution in [0.25, 0.3) is 0 Å². The topological polar surface area (TPSA) is 0 Å². The van der Waals surface area contributed by atoms with Crippen LogP contribution < -0.4 is 0 Å². The van der Waals surface area contributed by atoms with Crippen molar-refractivity contribution < 1.29 is 0 Å². The Labute approximate surface area is 130 Å². The minimum absolute atomic E-state index is 0.324. The van der Waals surface area contributed by atoms with Crippen LogP contribution in [0.1, 0.15) is 79.1 Å². The summed E-state index contributed by atoms with van der Waals surface area (Å²) in [7, 11) is 0.648. The van der Waals surface area contributed by atoms with E-state index in [4.69, 9.17) is 0 Å². The molecule has 0 nitrogen and oxygen atoms in total. The van der Waals surface area contributed by atoms with Crippen LogP contribution in [0, 0.1) is 0 Å². The van der Waals surface area contributed by atoms with Gasteiger partial charge in [0, 0.05) is 0 Å². The van der Waals surface area contributed by atoms with Crippen molar-refractivity contribution in [2.75, 3.05) is 12.3 Å². The molecule has 20 heavy (non-hydrogen) atoms. The Morgan fingerprint density at radius 3 is 1.05 bits per heavy atom. The maximum absolute atomic E-state index is 2.57. The monoisotopic (exact) mass is 314 g/mol. The Bertz CT molecular complexity index is 227. The lowest BCUT2D eigenvalue weighted by Gasteiger charge is -2.33. The van der Waals surface area contributed by atoms with Gasteiger partial charge in [0.1, 0.15) is 0 Å². The quantitative estimate of drug-likeness (QED) is 0.511. The van der Waals surface area contributed by atoms with Gasteiger partial charge in [0.2, 0.25) is 0 Å². The molecule has 0 aliphatic carbocycles. The first-order chi connectivity index (χ1) is 9.59. The third-order valence-electron chi connectivity index (χ3n) is 5.87. The minimum atomic E-state index is 0.324. The molecule has 2 fully saturated rings. The lowest BCUT2D eigenvalue weighted by molar-refractivity contribution is 0.662. The van der Waals surface area contributed by atoms with Crippen LogP contribution in [0.3, 0.4) is 0 Å². The molecular weight excluding hydrogens is 278 g/mol. The van der Waals surface area contributed by atoms with Crippen LogP contribution in [-0.4, -0.2) is 35.0 Å². The van der Waals surface area contributed by atoms with Gasteiger partial charge in [-0.15, -0.1) is 15.8 Å². The summed E-state index contributed by atoms with van der Waals surface area (Å²) in [5.74, 6) is 0. The number of hydrogen-bond acceptors (Lipinski definition) is 0. The molecule has 0 saturated carbocycles. The summed E-state index contributed by atoms with van der Waals surface area (Å²) >= 11 is 0. The molecule has 4 atom stereocenters. The third kappa shape index (κ3) is 4.68. The first-order valence-corrected chi connectivity index (χ1v) is 12.4. The van der Waals surface area contributed by atoms with Crippen molar-refractivity contribution in [3.63, 3.8) is 0 Å². The highest BCUT2D eigenvalue weighted by Gasteiger charge is 2.29. The van der Waals surface area contributed by atoms with E-state index in [0.717, 1.165) is 22.6 Å². The van der Waals surface area contributed by atoms with E-state index in [1.54, 1.807) is 12.3 Å². The second-order valence-electron chi connectivity index (χ2n) is 7.44. The van der Waals surface area contributed by atoms with Gasteiger partial charge in [-0.1, -0.05) is 53.4 Å². The highest BCUT2D eigenvalue weighted by Crippen LogP contribution is 2.57. The van der Waals surface area contributed by atoms with Gasteiger partial charge in [0.15, 0.2) is 0 Å². The van der Waals surface area contributed by atoms with Crippen molar-refractivity contribution >= 4 is 15.8 Å². The fourth-order valence-electron chi connectivity index (χ4n) is 4.40. The molecule has 2 aliphatic rings. The van der Waals surface area contributed by atoms with Crippen molar-refractivity contribution in [2.24, 2.45) is 0 Å².